The van der Waals surface area contributed by atoms with E-state index in [1.807, 2.05) is 26.0 Å². The third kappa shape index (κ3) is 5.91. The van der Waals surface area contributed by atoms with Crippen LogP contribution in [0.3, 0.4) is 0 Å². The topological polar surface area (TPSA) is 131 Å². The number of amides is 4. The maximum atomic E-state index is 12.5. The van der Waals surface area contributed by atoms with E-state index in [1.54, 1.807) is 37.3 Å². The van der Waals surface area contributed by atoms with E-state index in [0.717, 1.165) is 22.9 Å². The number of urea groups is 1. The first kappa shape index (κ1) is 22.9. The minimum atomic E-state index is -0.650. The molecule has 10 nitrogen and oxygen atoms in total. The fraction of sp³-hybridized carbons (Fsp3) is 0.238. The van der Waals surface area contributed by atoms with Gasteiger partial charge in [-0.2, -0.15) is 4.68 Å². The van der Waals surface area contributed by atoms with E-state index in [2.05, 4.69) is 31.5 Å². The highest BCUT2D eigenvalue weighted by Gasteiger charge is 2.21. The molecule has 1 unspecified atom stereocenters. The van der Waals surface area contributed by atoms with Crippen molar-refractivity contribution in [3.63, 3.8) is 0 Å². The number of anilines is 2. The van der Waals surface area contributed by atoms with Crippen LogP contribution in [0.25, 0.3) is 5.69 Å². The highest BCUT2D eigenvalue weighted by molar-refractivity contribution is 8.00. The Hall–Kier alpha value is -3.73. The van der Waals surface area contributed by atoms with Gasteiger partial charge in [0.2, 0.25) is 17.0 Å². The van der Waals surface area contributed by atoms with Gasteiger partial charge in [-0.25, -0.2) is 4.79 Å². The molecule has 1 aromatic heterocycles. The van der Waals surface area contributed by atoms with Crippen LogP contribution in [0.1, 0.15) is 25.0 Å². The fourth-order valence-corrected chi connectivity index (χ4v) is 3.67. The third-order valence-electron chi connectivity index (χ3n) is 4.37. The molecular formula is C21H23N7O3S. The molecule has 11 heteroatoms. The van der Waals surface area contributed by atoms with E-state index < -0.39 is 17.2 Å². The average molecular weight is 454 g/mol. The summed E-state index contributed by atoms with van der Waals surface area (Å²) < 4.78 is 1.45. The van der Waals surface area contributed by atoms with E-state index in [9.17, 15) is 14.4 Å². The van der Waals surface area contributed by atoms with Crippen molar-refractivity contribution >= 4 is 41.0 Å². The number of carbonyl (C=O) groups is 3. The molecule has 1 heterocycles. The predicted octanol–water partition coefficient (Wildman–Crippen LogP) is 3.07. The van der Waals surface area contributed by atoms with Crippen LogP contribution in [-0.2, 0) is 9.59 Å². The lowest BCUT2D eigenvalue weighted by atomic mass is 10.1. The number of rotatable bonds is 6. The molecule has 3 N–H and O–H groups in total. The van der Waals surface area contributed by atoms with E-state index in [0.29, 0.717) is 22.2 Å². The number of aryl methyl sites for hydroxylation is 2. The summed E-state index contributed by atoms with van der Waals surface area (Å²) in [6.07, 6.45) is 0. The molecule has 0 bridgehead atoms. The highest BCUT2D eigenvalue weighted by atomic mass is 32.2. The number of nitrogens with one attached hydrogen (secondary N) is 3. The monoisotopic (exact) mass is 453 g/mol. The summed E-state index contributed by atoms with van der Waals surface area (Å²) >= 11 is 1.10. The minimum Gasteiger partial charge on any atom is -0.326 e. The summed E-state index contributed by atoms with van der Waals surface area (Å²) in [6, 6.07) is 12.0. The van der Waals surface area contributed by atoms with Gasteiger partial charge in [0, 0.05) is 18.3 Å². The Morgan fingerprint density at radius 2 is 1.84 bits per heavy atom. The van der Waals surface area contributed by atoms with Crippen LogP contribution in [0.15, 0.2) is 47.6 Å². The Balaban J connectivity index is 1.64. The maximum Gasteiger partial charge on any atom is 0.325 e. The van der Waals surface area contributed by atoms with Crippen LogP contribution in [0.5, 0.6) is 0 Å². The zero-order valence-corrected chi connectivity index (χ0v) is 18.9. The standard InChI is InChI=1S/C21H23N7O3S/c1-12-8-9-18(13(2)10-12)23-20(31)24-19(30)14(3)32-21-25-26-27-28(21)17-7-5-6-16(11-17)22-15(4)29/h5-11,14H,1-4H3,(H,22,29)(H2,23,24,30,31). The number of thioether (sulfide) groups is 1. The van der Waals surface area contributed by atoms with Crippen LogP contribution < -0.4 is 16.0 Å². The van der Waals surface area contributed by atoms with Crippen molar-refractivity contribution < 1.29 is 14.4 Å². The van der Waals surface area contributed by atoms with Crippen molar-refractivity contribution in [3.8, 4) is 5.69 Å². The van der Waals surface area contributed by atoms with Crippen molar-refractivity contribution in [2.75, 3.05) is 10.6 Å². The number of aromatic nitrogens is 4. The highest BCUT2D eigenvalue weighted by Crippen LogP contribution is 2.24. The van der Waals surface area contributed by atoms with Gasteiger partial charge in [-0.3, -0.25) is 14.9 Å². The molecule has 0 saturated heterocycles. The number of benzene rings is 2. The van der Waals surface area contributed by atoms with Crippen molar-refractivity contribution in [3.05, 3.63) is 53.6 Å². The van der Waals surface area contributed by atoms with Crippen LogP contribution >= 0.6 is 11.8 Å². The van der Waals surface area contributed by atoms with E-state index in [-0.39, 0.29) is 5.91 Å². The summed E-state index contributed by atoms with van der Waals surface area (Å²) in [4.78, 5) is 36.1. The third-order valence-corrected chi connectivity index (χ3v) is 5.40. The fourth-order valence-electron chi connectivity index (χ4n) is 2.87. The summed E-state index contributed by atoms with van der Waals surface area (Å²) in [6.45, 7) is 6.91. The summed E-state index contributed by atoms with van der Waals surface area (Å²) in [7, 11) is 0. The Morgan fingerprint density at radius 1 is 1.06 bits per heavy atom. The molecule has 0 aliphatic carbocycles. The van der Waals surface area contributed by atoms with Crippen molar-refractivity contribution in [1.29, 1.82) is 0 Å². The predicted molar refractivity (Wildman–Crippen MR) is 122 cm³/mol. The van der Waals surface area contributed by atoms with E-state index in [4.69, 9.17) is 0 Å². The molecule has 2 aromatic carbocycles. The zero-order chi connectivity index (χ0) is 23.3. The molecule has 0 fully saturated rings. The summed E-state index contributed by atoms with van der Waals surface area (Å²) in [5.41, 5.74) is 3.81. The normalized spacial score (nSPS) is 11.5. The van der Waals surface area contributed by atoms with Crippen molar-refractivity contribution in [1.82, 2.24) is 25.5 Å². The molecule has 0 saturated carbocycles. The van der Waals surface area contributed by atoms with Crippen LogP contribution in [0, 0.1) is 13.8 Å². The van der Waals surface area contributed by atoms with Gasteiger partial charge >= 0.3 is 6.03 Å². The van der Waals surface area contributed by atoms with Crippen LogP contribution in [-0.4, -0.2) is 43.3 Å². The molecule has 4 amide bonds. The first-order valence-electron chi connectivity index (χ1n) is 9.75. The van der Waals surface area contributed by atoms with Gasteiger partial charge in [-0.05, 0) is 61.0 Å². The lowest BCUT2D eigenvalue weighted by Gasteiger charge is -2.13. The first-order valence-corrected chi connectivity index (χ1v) is 10.6. The van der Waals surface area contributed by atoms with Crippen LogP contribution in [0.2, 0.25) is 0 Å². The SMILES string of the molecule is CC(=O)Nc1cccc(-n2nnnc2SC(C)C(=O)NC(=O)Nc2ccc(C)cc2C)c1. The molecular weight excluding hydrogens is 430 g/mol. The minimum absolute atomic E-state index is 0.196. The second-order valence-corrected chi connectivity index (χ2v) is 8.43. The molecule has 1 atom stereocenters. The molecule has 0 spiro atoms. The number of nitrogens with zero attached hydrogens (tertiary/aromatic N) is 4. The Morgan fingerprint density at radius 3 is 2.56 bits per heavy atom. The molecule has 3 rings (SSSR count). The second kappa shape index (κ2) is 10.1. The molecule has 166 valence electrons. The Kier molecular flexibility index (Phi) is 7.21. The number of carbonyl (C=O) groups excluding carboxylic acids is 3. The number of hydrogen-bond acceptors (Lipinski definition) is 7. The first-order chi connectivity index (χ1) is 15.2. The molecule has 0 aliphatic rings. The van der Waals surface area contributed by atoms with E-state index in [1.165, 1.54) is 11.6 Å². The van der Waals surface area contributed by atoms with Crippen LogP contribution in [0.4, 0.5) is 16.2 Å². The van der Waals surface area contributed by atoms with Gasteiger partial charge in [-0.1, -0.05) is 35.5 Å². The maximum absolute atomic E-state index is 12.5. The smallest absolute Gasteiger partial charge is 0.325 e. The molecule has 0 radical (unpaired) electrons. The van der Waals surface area contributed by atoms with Gasteiger partial charge < -0.3 is 10.6 Å². The van der Waals surface area contributed by atoms with Crippen molar-refractivity contribution in [2.24, 2.45) is 0 Å². The lowest BCUT2D eigenvalue weighted by Crippen LogP contribution is -2.39. The largest absolute Gasteiger partial charge is 0.326 e. The zero-order valence-electron chi connectivity index (χ0n) is 18.0. The summed E-state index contributed by atoms with van der Waals surface area (Å²) in [5.74, 6) is -0.684. The Bertz CT molecular complexity index is 1160. The number of tetrazole rings is 1. The van der Waals surface area contributed by atoms with Gasteiger partial charge in [-0.15, -0.1) is 5.10 Å². The van der Waals surface area contributed by atoms with Gasteiger partial charge in [0.15, 0.2) is 0 Å². The van der Waals surface area contributed by atoms with Gasteiger partial charge in [0.25, 0.3) is 0 Å². The van der Waals surface area contributed by atoms with Gasteiger partial charge in [0.05, 0.1) is 10.9 Å². The van der Waals surface area contributed by atoms with E-state index >= 15 is 0 Å². The number of hydrogen-bond donors (Lipinski definition) is 3. The lowest BCUT2D eigenvalue weighted by molar-refractivity contribution is -0.119. The molecule has 0 aliphatic heterocycles. The molecule has 32 heavy (non-hydrogen) atoms. The average Bonchev–Trinajstić information content (AvgIpc) is 3.18. The van der Waals surface area contributed by atoms with Crippen molar-refractivity contribution in [2.45, 2.75) is 38.1 Å². The number of imide groups is 1. The second-order valence-electron chi connectivity index (χ2n) is 7.13. The quantitative estimate of drug-likeness (QED) is 0.489. The summed E-state index contributed by atoms with van der Waals surface area (Å²) in [5, 5.41) is 19.0. The molecule has 3 aromatic rings. The Labute approximate surface area is 189 Å². The van der Waals surface area contributed by atoms with Gasteiger partial charge in [0.1, 0.15) is 0 Å².